The molecule has 0 N–H and O–H groups in total. The van der Waals surface area contributed by atoms with Crippen LogP contribution in [0.3, 0.4) is 0 Å². The predicted molar refractivity (Wildman–Crippen MR) is 55.5 cm³/mol. The van der Waals surface area contributed by atoms with Gasteiger partial charge in [0.25, 0.3) is 0 Å². The highest BCUT2D eigenvalue weighted by Gasteiger charge is 1.94. The van der Waals surface area contributed by atoms with Crippen LogP contribution in [0.25, 0.3) is 5.70 Å². The third kappa shape index (κ3) is 3.20. The molecular weight excluding hydrogens is 160 g/mol. The van der Waals surface area contributed by atoms with Gasteiger partial charge in [0, 0.05) is 5.56 Å². The Bertz CT molecular complexity index is 299. The van der Waals surface area contributed by atoms with Gasteiger partial charge in [-0.1, -0.05) is 36.9 Å². The summed E-state index contributed by atoms with van der Waals surface area (Å²) in [7, 11) is 0. The molecule has 0 aliphatic carbocycles. The second-order valence-electron chi connectivity index (χ2n) is 3.12. The minimum atomic E-state index is 0.223. The zero-order chi connectivity index (χ0) is 9.68. The monoisotopic (exact) mass is 174 g/mol. The number of rotatable bonds is 3. The number of hydrogen-bond acceptors (Lipinski definition) is 2. The molecule has 0 bridgehead atoms. The van der Waals surface area contributed by atoms with E-state index < -0.39 is 0 Å². The van der Waals surface area contributed by atoms with Crippen LogP contribution in [-0.2, 0) is 0 Å². The first-order chi connectivity index (χ1) is 6.20. The molecule has 0 fully saturated rings. The van der Waals surface area contributed by atoms with E-state index in [1.165, 1.54) is 0 Å². The van der Waals surface area contributed by atoms with E-state index in [0.29, 0.717) is 5.70 Å². The van der Waals surface area contributed by atoms with Crippen LogP contribution in [0.1, 0.15) is 19.4 Å². The van der Waals surface area contributed by atoms with E-state index in [9.17, 15) is 0 Å². The van der Waals surface area contributed by atoms with E-state index in [1.807, 2.05) is 44.2 Å². The van der Waals surface area contributed by atoms with E-state index in [-0.39, 0.29) is 6.04 Å². The van der Waals surface area contributed by atoms with Gasteiger partial charge in [-0.05, 0) is 13.8 Å². The van der Waals surface area contributed by atoms with Gasteiger partial charge >= 0.3 is 0 Å². The topological polar surface area (TPSA) is 24.7 Å². The van der Waals surface area contributed by atoms with E-state index in [2.05, 4.69) is 16.8 Å². The summed E-state index contributed by atoms with van der Waals surface area (Å²) in [6.07, 6.45) is 0. The molecule has 0 aliphatic rings. The Hall–Kier alpha value is -1.44. The molecule has 68 valence electrons. The van der Waals surface area contributed by atoms with Crippen LogP contribution in [0.2, 0.25) is 0 Å². The van der Waals surface area contributed by atoms with Crippen molar-refractivity contribution in [3.05, 3.63) is 42.5 Å². The summed E-state index contributed by atoms with van der Waals surface area (Å²) in [5.74, 6) is 0. The van der Waals surface area contributed by atoms with Crippen LogP contribution in [0.15, 0.2) is 47.1 Å². The smallest absolute Gasteiger partial charge is 0.0853 e. The molecule has 0 atom stereocenters. The second-order valence-corrected chi connectivity index (χ2v) is 3.12. The molecule has 2 nitrogen and oxygen atoms in total. The minimum absolute atomic E-state index is 0.223. The molecule has 2 heteroatoms. The van der Waals surface area contributed by atoms with Gasteiger partial charge < -0.3 is 0 Å². The zero-order valence-corrected chi connectivity index (χ0v) is 8.07. The van der Waals surface area contributed by atoms with Crippen molar-refractivity contribution in [1.82, 2.24) is 0 Å². The maximum atomic E-state index is 4.03. The first-order valence-corrected chi connectivity index (χ1v) is 4.35. The fourth-order valence-electron chi connectivity index (χ4n) is 0.873. The quantitative estimate of drug-likeness (QED) is 0.626. The van der Waals surface area contributed by atoms with Gasteiger partial charge in [0.2, 0.25) is 0 Å². The number of hydrogen-bond donors (Lipinski definition) is 0. The third-order valence-corrected chi connectivity index (χ3v) is 1.52. The number of benzene rings is 1. The highest BCUT2D eigenvalue weighted by Crippen LogP contribution is 2.13. The second kappa shape index (κ2) is 4.55. The largest absolute Gasteiger partial charge is 0.186 e. The Balaban J connectivity index is 2.70. The van der Waals surface area contributed by atoms with Crippen LogP contribution < -0.4 is 0 Å². The minimum Gasteiger partial charge on any atom is -0.186 e. The fourth-order valence-corrected chi connectivity index (χ4v) is 0.873. The normalized spacial score (nSPS) is 11.0. The molecule has 13 heavy (non-hydrogen) atoms. The Labute approximate surface area is 79.0 Å². The lowest BCUT2D eigenvalue weighted by atomic mass is 10.2. The fraction of sp³-hybridized carbons (Fsp3) is 0.273. The molecule has 0 unspecified atom stereocenters. The molecular formula is C11H14N2. The summed E-state index contributed by atoms with van der Waals surface area (Å²) in [5, 5.41) is 8.05. The van der Waals surface area contributed by atoms with Crippen molar-refractivity contribution < 1.29 is 0 Å². The number of azo groups is 1. The van der Waals surface area contributed by atoms with Crippen molar-refractivity contribution in [1.29, 1.82) is 0 Å². The molecule has 0 amide bonds. The lowest BCUT2D eigenvalue weighted by Gasteiger charge is -1.98. The summed E-state index contributed by atoms with van der Waals surface area (Å²) < 4.78 is 0. The summed E-state index contributed by atoms with van der Waals surface area (Å²) in [5.41, 5.74) is 1.74. The highest BCUT2D eigenvalue weighted by molar-refractivity contribution is 5.61. The van der Waals surface area contributed by atoms with Gasteiger partial charge in [-0.2, -0.15) is 10.2 Å². The van der Waals surface area contributed by atoms with Gasteiger partial charge in [0.15, 0.2) is 0 Å². The van der Waals surface area contributed by atoms with Crippen LogP contribution in [0.4, 0.5) is 0 Å². The molecule has 0 spiro atoms. The standard InChI is InChI=1S/C11H14N2/c1-9(2)12-13-10(3)11-7-5-4-6-8-11/h4-9H,3H2,1-2H3. The molecule has 1 rings (SSSR count). The van der Waals surface area contributed by atoms with E-state index >= 15 is 0 Å². The molecule has 0 heterocycles. The van der Waals surface area contributed by atoms with Gasteiger partial charge in [-0.3, -0.25) is 0 Å². The Morgan fingerprint density at radius 2 is 1.85 bits per heavy atom. The summed E-state index contributed by atoms with van der Waals surface area (Å²) in [4.78, 5) is 0. The SMILES string of the molecule is C=C(N=NC(C)C)c1ccccc1. The average Bonchev–Trinajstić information content (AvgIpc) is 2.15. The first-order valence-electron chi connectivity index (χ1n) is 4.35. The van der Waals surface area contributed by atoms with Gasteiger partial charge in [-0.15, -0.1) is 0 Å². The van der Waals surface area contributed by atoms with E-state index in [1.54, 1.807) is 0 Å². The van der Waals surface area contributed by atoms with Crippen LogP contribution in [0.5, 0.6) is 0 Å². The highest BCUT2D eigenvalue weighted by atomic mass is 15.1. The molecule has 0 radical (unpaired) electrons. The summed E-state index contributed by atoms with van der Waals surface area (Å²) in [6, 6.07) is 10.1. The van der Waals surface area contributed by atoms with Crippen molar-refractivity contribution in [2.24, 2.45) is 10.2 Å². The summed E-state index contributed by atoms with van der Waals surface area (Å²) >= 11 is 0. The van der Waals surface area contributed by atoms with E-state index in [4.69, 9.17) is 0 Å². The van der Waals surface area contributed by atoms with Crippen molar-refractivity contribution >= 4 is 5.70 Å². The Morgan fingerprint density at radius 1 is 1.23 bits per heavy atom. The van der Waals surface area contributed by atoms with Gasteiger partial charge in [0.1, 0.15) is 0 Å². The average molecular weight is 174 g/mol. The molecule has 0 aliphatic heterocycles. The van der Waals surface area contributed by atoms with Crippen LogP contribution in [-0.4, -0.2) is 6.04 Å². The van der Waals surface area contributed by atoms with Crippen LogP contribution in [0, 0.1) is 0 Å². The van der Waals surface area contributed by atoms with Crippen LogP contribution >= 0.6 is 0 Å². The molecule has 0 saturated heterocycles. The van der Waals surface area contributed by atoms with Crippen molar-refractivity contribution in [3.63, 3.8) is 0 Å². The maximum absolute atomic E-state index is 4.03. The van der Waals surface area contributed by atoms with Gasteiger partial charge in [-0.25, -0.2) is 0 Å². The molecule has 0 saturated carbocycles. The molecule has 1 aromatic carbocycles. The lowest BCUT2D eigenvalue weighted by Crippen LogP contribution is -1.85. The Kier molecular flexibility index (Phi) is 3.38. The first kappa shape index (κ1) is 9.65. The molecule has 1 aromatic rings. The molecule has 0 aromatic heterocycles. The van der Waals surface area contributed by atoms with Crippen molar-refractivity contribution in [3.8, 4) is 0 Å². The lowest BCUT2D eigenvalue weighted by molar-refractivity contribution is 0.781. The zero-order valence-electron chi connectivity index (χ0n) is 8.07. The van der Waals surface area contributed by atoms with Crippen molar-refractivity contribution in [2.45, 2.75) is 19.9 Å². The summed E-state index contributed by atoms with van der Waals surface area (Å²) in [6.45, 7) is 7.81. The van der Waals surface area contributed by atoms with E-state index in [0.717, 1.165) is 5.56 Å². The van der Waals surface area contributed by atoms with Gasteiger partial charge in [0.05, 0.1) is 11.7 Å². The maximum Gasteiger partial charge on any atom is 0.0853 e. The van der Waals surface area contributed by atoms with Crippen molar-refractivity contribution in [2.75, 3.05) is 0 Å². The number of nitrogens with zero attached hydrogens (tertiary/aromatic N) is 2. The predicted octanol–water partition coefficient (Wildman–Crippen LogP) is 3.52. The third-order valence-electron chi connectivity index (χ3n) is 1.52. The Morgan fingerprint density at radius 3 is 2.38 bits per heavy atom.